The Labute approximate surface area is 91.6 Å². The zero-order valence-electron chi connectivity index (χ0n) is 7.88. The van der Waals surface area contributed by atoms with E-state index in [0.717, 1.165) is 23.1 Å². The molecule has 0 aliphatic heterocycles. The average Bonchev–Trinajstić information content (AvgIpc) is 2.42. The van der Waals surface area contributed by atoms with E-state index in [4.69, 9.17) is 23.2 Å². The average molecular weight is 230 g/mol. The van der Waals surface area contributed by atoms with Gasteiger partial charge in [-0.25, -0.2) is 4.98 Å². The number of aromatic nitrogens is 3. The van der Waals surface area contributed by atoms with Crippen LogP contribution in [0.1, 0.15) is 12.6 Å². The van der Waals surface area contributed by atoms with Gasteiger partial charge < -0.3 is 0 Å². The van der Waals surface area contributed by atoms with Crippen LogP contribution in [0, 0.1) is 6.92 Å². The van der Waals surface area contributed by atoms with Gasteiger partial charge >= 0.3 is 0 Å². The lowest BCUT2D eigenvalue weighted by Gasteiger charge is -1.99. The molecule has 0 saturated carbocycles. The first-order valence-corrected chi connectivity index (χ1v) is 5.08. The second-order valence-electron chi connectivity index (χ2n) is 3.03. The van der Waals surface area contributed by atoms with Gasteiger partial charge in [-0.2, -0.15) is 5.10 Å². The molecule has 0 unspecified atom stereocenters. The van der Waals surface area contributed by atoms with Crippen LogP contribution in [0.3, 0.4) is 0 Å². The van der Waals surface area contributed by atoms with Crippen molar-refractivity contribution < 1.29 is 0 Å². The Kier molecular flexibility index (Phi) is 2.37. The van der Waals surface area contributed by atoms with Gasteiger partial charge in [0.2, 0.25) is 0 Å². The molecule has 0 saturated heterocycles. The van der Waals surface area contributed by atoms with Crippen LogP contribution in [0.2, 0.25) is 10.3 Å². The highest BCUT2D eigenvalue weighted by atomic mass is 35.5. The summed E-state index contributed by atoms with van der Waals surface area (Å²) in [5.41, 5.74) is 1.83. The summed E-state index contributed by atoms with van der Waals surface area (Å²) in [6.07, 6.45) is 0. The van der Waals surface area contributed by atoms with E-state index in [1.807, 2.05) is 18.5 Å². The molecular weight excluding hydrogens is 221 g/mol. The lowest BCUT2D eigenvalue weighted by atomic mass is 10.3. The molecule has 2 aromatic rings. The van der Waals surface area contributed by atoms with Crippen molar-refractivity contribution >= 4 is 34.1 Å². The van der Waals surface area contributed by atoms with Crippen molar-refractivity contribution in [3.63, 3.8) is 0 Å². The van der Waals surface area contributed by atoms with E-state index in [-0.39, 0.29) is 0 Å². The van der Waals surface area contributed by atoms with E-state index in [9.17, 15) is 0 Å². The van der Waals surface area contributed by atoms with Crippen LogP contribution in [-0.4, -0.2) is 14.8 Å². The van der Waals surface area contributed by atoms with Crippen LogP contribution in [0.15, 0.2) is 6.07 Å². The minimum atomic E-state index is 0.400. The summed E-state index contributed by atoms with van der Waals surface area (Å²) in [7, 11) is 0. The molecule has 74 valence electrons. The van der Waals surface area contributed by atoms with Crippen molar-refractivity contribution in [1.82, 2.24) is 14.8 Å². The lowest BCUT2D eigenvalue weighted by Crippen LogP contribution is -1.95. The van der Waals surface area contributed by atoms with E-state index < -0.39 is 0 Å². The largest absolute Gasteiger partial charge is 0.265 e. The van der Waals surface area contributed by atoms with Gasteiger partial charge in [0.25, 0.3) is 0 Å². The highest BCUT2D eigenvalue weighted by Crippen LogP contribution is 2.27. The summed E-state index contributed by atoms with van der Waals surface area (Å²) in [4.78, 5) is 3.99. The van der Waals surface area contributed by atoms with Gasteiger partial charge in [0.15, 0.2) is 0 Å². The number of hydrogen-bond donors (Lipinski definition) is 0. The third-order valence-electron chi connectivity index (χ3n) is 2.13. The fraction of sp³-hybridized carbons (Fsp3) is 0.333. The lowest BCUT2D eigenvalue weighted by molar-refractivity contribution is 0.676. The van der Waals surface area contributed by atoms with Gasteiger partial charge in [0, 0.05) is 12.6 Å². The molecule has 5 heteroatoms. The zero-order valence-corrected chi connectivity index (χ0v) is 9.39. The summed E-state index contributed by atoms with van der Waals surface area (Å²) in [6.45, 7) is 4.73. The molecule has 0 bridgehead atoms. The number of rotatable bonds is 1. The molecule has 0 spiro atoms. The van der Waals surface area contributed by atoms with Gasteiger partial charge in [-0.1, -0.05) is 23.2 Å². The summed E-state index contributed by atoms with van der Waals surface area (Å²) >= 11 is 11.8. The Hall–Kier alpha value is -0.800. The van der Waals surface area contributed by atoms with E-state index in [2.05, 4.69) is 10.1 Å². The molecule has 3 nitrogen and oxygen atoms in total. The van der Waals surface area contributed by atoms with Crippen molar-refractivity contribution in [2.24, 2.45) is 0 Å². The van der Waals surface area contributed by atoms with E-state index in [1.165, 1.54) is 0 Å². The predicted octanol–water partition coefficient (Wildman–Crippen LogP) is 3.07. The van der Waals surface area contributed by atoms with Gasteiger partial charge in [0.1, 0.15) is 10.3 Å². The second-order valence-corrected chi connectivity index (χ2v) is 3.78. The first-order chi connectivity index (χ1) is 6.63. The van der Waals surface area contributed by atoms with E-state index in [0.29, 0.717) is 10.3 Å². The van der Waals surface area contributed by atoms with Gasteiger partial charge in [-0.15, -0.1) is 0 Å². The Morgan fingerprint density at radius 2 is 2.14 bits per heavy atom. The van der Waals surface area contributed by atoms with E-state index in [1.54, 1.807) is 6.07 Å². The fourth-order valence-corrected chi connectivity index (χ4v) is 2.09. The summed E-state index contributed by atoms with van der Waals surface area (Å²) in [5.74, 6) is 0. The summed E-state index contributed by atoms with van der Waals surface area (Å²) in [5, 5.41) is 6.05. The maximum atomic E-state index is 5.99. The van der Waals surface area contributed by atoms with Crippen LogP contribution in [0.5, 0.6) is 0 Å². The smallest absolute Gasteiger partial charge is 0.142 e. The summed E-state index contributed by atoms with van der Waals surface area (Å²) in [6, 6.07) is 1.78. The monoisotopic (exact) mass is 229 g/mol. The quantitative estimate of drug-likeness (QED) is 0.705. The van der Waals surface area contributed by atoms with Crippen LogP contribution in [-0.2, 0) is 6.54 Å². The third kappa shape index (κ3) is 1.37. The van der Waals surface area contributed by atoms with Gasteiger partial charge in [-0.3, -0.25) is 4.68 Å². The molecule has 2 rings (SSSR count). The van der Waals surface area contributed by atoms with Crippen molar-refractivity contribution in [3.05, 3.63) is 22.1 Å². The normalized spacial score (nSPS) is 11.1. The van der Waals surface area contributed by atoms with Crippen molar-refractivity contribution in [3.8, 4) is 0 Å². The standard InChI is InChI=1S/C9H9Cl2N3/c1-3-14-6-4-7(10)12-9(11)8(6)5(2)13-14/h4H,3H2,1-2H3. The molecular formula is C9H9Cl2N3. The van der Waals surface area contributed by atoms with Crippen LogP contribution >= 0.6 is 23.2 Å². The molecule has 0 radical (unpaired) electrons. The molecule has 14 heavy (non-hydrogen) atoms. The Morgan fingerprint density at radius 3 is 2.79 bits per heavy atom. The highest BCUT2D eigenvalue weighted by Gasteiger charge is 2.11. The van der Waals surface area contributed by atoms with Crippen molar-refractivity contribution in [1.29, 1.82) is 0 Å². The number of fused-ring (bicyclic) bond motifs is 1. The second kappa shape index (κ2) is 3.41. The molecule has 0 amide bonds. The van der Waals surface area contributed by atoms with Crippen LogP contribution in [0.25, 0.3) is 10.9 Å². The Morgan fingerprint density at radius 1 is 1.43 bits per heavy atom. The Bertz CT molecular complexity index is 490. The van der Waals surface area contributed by atoms with Gasteiger partial charge in [0.05, 0.1) is 16.6 Å². The minimum Gasteiger partial charge on any atom is -0.265 e. The number of nitrogens with zero attached hydrogens (tertiary/aromatic N) is 3. The molecule has 0 aromatic carbocycles. The molecule has 0 aliphatic carbocycles. The first-order valence-electron chi connectivity index (χ1n) is 4.32. The molecule has 0 atom stereocenters. The van der Waals surface area contributed by atoms with Crippen molar-refractivity contribution in [2.45, 2.75) is 20.4 Å². The first kappa shape index (κ1) is 9.74. The predicted molar refractivity (Wildman–Crippen MR) is 58.0 cm³/mol. The summed E-state index contributed by atoms with van der Waals surface area (Å²) < 4.78 is 1.87. The maximum Gasteiger partial charge on any atom is 0.142 e. The highest BCUT2D eigenvalue weighted by molar-refractivity contribution is 6.36. The minimum absolute atomic E-state index is 0.400. The SMILES string of the molecule is CCn1nc(C)c2c(Cl)nc(Cl)cc21. The molecule has 2 heterocycles. The fourth-order valence-electron chi connectivity index (χ4n) is 1.54. The maximum absolute atomic E-state index is 5.99. The topological polar surface area (TPSA) is 30.7 Å². The number of hydrogen-bond acceptors (Lipinski definition) is 2. The number of pyridine rings is 1. The van der Waals surface area contributed by atoms with Crippen LogP contribution in [0.4, 0.5) is 0 Å². The molecule has 2 aromatic heterocycles. The third-order valence-corrected chi connectivity index (χ3v) is 2.60. The van der Waals surface area contributed by atoms with Gasteiger partial charge in [-0.05, 0) is 13.8 Å². The van der Waals surface area contributed by atoms with Crippen LogP contribution < -0.4 is 0 Å². The zero-order chi connectivity index (χ0) is 10.3. The molecule has 0 aliphatic rings. The number of aryl methyl sites for hydroxylation is 2. The molecule has 0 N–H and O–H groups in total. The number of halogens is 2. The molecule has 0 fully saturated rings. The van der Waals surface area contributed by atoms with Crippen molar-refractivity contribution in [2.75, 3.05) is 0 Å². The Balaban J connectivity index is 2.89. The van der Waals surface area contributed by atoms with E-state index >= 15 is 0 Å².